The van der Waals surface area contributed by atoms with E-state index >= 15 is 0 Å². The Balaban J connectivity index is 1.76. The van der Waals surface area contributed by atoms with E-state index in [4.69, 9.17) is 0 Å². The third kappa shape index (κ3) is 2.47. The maximum atomic E-state index is 12.4. The van der Waals surface area contributed by atoms with E-state index in [1.165, 1.54) is 0 Å². The zero-order valence-corrected chi connectivity index (χ0v) is 15.5. The van der Waals surface area contributed by atoms with Crippen molar-refractivity contribution in [1.29, 1.82) is 0 Å². The molecular weight excluding hydrogens is 348 g/mol. The minimum absolute atomic E-state index is 0.0270. The predicted octanol–water partition coefficient (Wildman–Crippen LogP) is 0.386. The summed E-state index contributed by atoms with van der Waals surface area (Å²) in [6, 6.07) is 0. The van der Waals surface area contributed by atoms with Crippen molar-refractivity contribution in [2.75, 3.05) is 13.2 Å². The van der Waals surface area contributed by atoms with Gasteiger partial charge in [0.1, 0.15) is 6.61 Å². The van der Waals surface area contributed by atoms with Crippen LogP contribution in [0.5, 0.6) is 0 Å². The van der Waals surface area contributed by atoms with Crippen LogP contribution in [0.3, 0.4) is 0 Å². The molecule has 8 atom stereocenters. The molecular formula is C21H28O6. The largest absolute Gasteiger partial charge is 0.396 e. The van der Waals surface area contributed by atoms with E-state index in [0.29, 0.717) is 6.42 Å². The lowest BCUT2D eigenvalue weighted by atomic mass is 9.46. The molecule has 0 spiro atoms. The maximum Gasteiger partial charge on any atom is 0.178 e. The third-order valence-electron chi connectivity index (χ3n) is 8.06. The van der Waals surface area contributed by atoms with Gasteiger partial charge in [-0.2, -0.15) is 0 Å². The Bertz CT molecular complexity index is 726. The van der Waals surface area contributed by atoms with Gasteiger partial charge >= 0.3 is 0 Å². The van der Waals surface area contributed by atoms with Crippen molar-refractivity contribution in [2.24, 2.45) is 34.5 Å². The Morgan fingerprint density at radius 2 is 2.00 bits per heavy atom. The number of aliphatic hydroxyl groups is 4. The predicted molar refractivity (Wildman–Crippen MR) is 96.4 cm³/mol. The van der Waals surface area contributed by atoms with Crippen molar-refractivity contribution in [3.8, 4) is 0 Å². The first kappa shape index (κ1) is 19.0. The zero-order valence-electron chi connectivity index (χ0n) is 15.5. The molecule has 0 aromatic heterocycles. The van der Waals surface area contributed by atoms with Crippen LogP contribution in [0.1, 0.15) is 32.6 Å². The number of carbonyl (C=O) groups excluding carboxylic acids is 2. The first-order valence-corrected chi connectivity index (χ1v) is 9.83. The lowest BCUT2D eigenvalue weighted by Gasteiger charge is -2.58. The fourth-order valence-corrected chi connectivity index (χ4v) is 7.04. The van der Waals surface area contributed by atoms with Crippen LogP contribution in [0.4, 0.5) is 0 Å². The van der Waals surface area contributed by atoms with E-state index in [1.54, 1.807) is 12.2 Å². The summed E-state index contributed by atoms with van der Waals surface area (Å²) in [6.45, 7) is 1.09. The SMILES string of the molecule is C[C@]12C=CC(=O)C=C1CC[C@@H]1C2[C@@H](O)C[C@@]2(CO)[C@H]1C[C@@H](O)[C@@H]2C(=O)CO. The van der Waals surface area contributed by atoms with Gasteiger partial charge in [0.2, 0.25) is 0 Å². The highest BCUT2D eigenvalue weighted by Gasteiger charge is 2.66. The molecule has 0 saturated heterocycles. The molecule has 4 aliphatic rings. The minimum atomic E-state index is -0.916. The molecule has 0 amide bonds. The van der Waals surface area contributed by atoms with Gasteiger partial charge < -0.3 is 20.4 Å². The first-order chi connectivity index (χ1) is 12.8. The Hall–Kier alpha value is -1.34. The van der Waals surface area contributed by atoms with Crippen LogP contribution >= 0.6 is 0 Å². The normalized spacial score (nSPS) is 48.5. The number of rotatable bonds is 3. The molecule has 148 valence electrons. The van der Waals surface area contributed by atoms with Gasteiger partial charge in [-0.3, -0.25) is 9.59 Å². The second-order valence-electron chi connectivity index (χ2n) is 9.09. The van der Waals surface area contributed by atoms with E-state index in [1.807, 2.05) is 6.08 Å². The smallest absolute Gasteiger partial charge is 0.178 e. The van der Waals surface area contributed by atoms with Gasteiger partial charge in [-0.25, -0.2) is 0 Å². The molecule has 0 bridgehead atoms. The van der Waals surface area contributed by atoms with Crippen LogP contribution < -0.4 is 0 Å². The number of Topliss-reactive ketones (excluding diaryl/α,β-unsaturated/α-hetero) is 1. The molecule has 27 heavy (non-hydrogen) atoms. The van der Waals surface area contributed by atoms with Crippen molar-refractivity contribution < 1.29 is 30.0 Å². The summed E-state index contributed by atoms with van der Waals surface area (Å²) in [6.07, 6.45) is 5.56. The van der Waals surface area contributed by atoms with Crippen LogP contribution in [0.15, 0.2) is 23.8 Å². The lowest BCUT2D eigenvalue weighted by Crippen LogP contribution is -2.58. The molecule has 6 nitrogen and oxygen atoms in total. The molecule has 0 heterocycles. The number of fused-ring (bicyclic) bond motifs is 5. The topological polar surface area (TPSA) is 115 Å². The van der Waals surface area contributed by atoms with Gasteiger partial charge in [0, 0.05) is 23.4 Å². The molecule has 0 aromatic carbocycles. The molecule has 0 aromatic rings. The number of ketones is 2. The second kappa shape index (κ2) is 6.34. The van der Waals surface area contributed by atoms with Gasteiger partial charge in [-0.1, -0.05) is 18.6 Å². The average molecular weight is 376 g/mol. The number of allylic oxidation sites excluding steroid dienone is 4. The van der Waals surface area contributed by atoms with E-state index in [9.17, 15) is 30.0 Å². The highest BCUT2D eigenvalue weighted by Crippen LogP contribution is 2.66. The van der Waals surface area contributed by atoms with Crippen LogP contribution in [0, 0.1) is 34.5 Å². The number of hydrogen-bond donors (Lipinski definition) is 4. The van der Waals surface area contributed by atoms with Crippen LogP contribution in [0.2, 0.25) is 0 Å². The standard InChI is InChI=1S/C21H28O6/c1-20-5-4-12(24)6-11(20)2-3-13-14-7-15(25)19(17(27)9-22)21(14,10-23)8-16(26)18(13)20/h4-6,13-16,18-19,22-23,25-26H,2-3,7-10H2,1H3/t13-,14-,15+,16-,18?,19+,20-,21+/m0/s1. The fourth-order valence-electron chi connectivity index (χ4n) is 7.04. The highest BCUT2D eigenvalue weighted by molar-refractivity contribution is 6.01. The summed E-state index contributed by atoms with van der Waals surface area (Å²) >= 11 is 0. The molecule has 0 radical (unpaired) electrons. The van der Waals surface area contributed by atoms with Crippen molar-refractivity contribution >= 4 is 11.6 Å². The van der Waals surface area contributed by atoms with Crippen molar-refractivity contribution in [3.05, 3.63) is 23.8 Å². The molecule has 0 aliphatic heterocycles. The maximum absolute atomic E-state index is 12.4. The van der Waals surface area contributed by atoms with E-state index in [-0.39, 0.29) is 36.6 Å². The fraction of sp³-hybridized carbons (Fsp3) is 0.714. The lowest BCUT2D eigenvalue weighted by molar-refractivity contribution is -0.155. The van der Waals surface area contributed by atoms with Crippen molar-refractivity contribution in [2.45, 2.75) is 44.8 Å². The Labute approximate surface area is 158 Å². The molecule has 4 aliphatic carbocycles. The summed E-state index contributed by atoms with van der Waals surface area (Å²) in [5, 5.41) is 41.5. The zero-order chi connectivity index (χ0) is 19.6. The molecule has 4 rings (SSSR count). The summed E-state index contributed by atoms with van der Waals surface area (Å²) in [4.78, 5) is 24.2. The molecule has 3 fully saturated rings. The Morgan fingerprint density at radius 1 is 1.26 bits per heavy atom. The molecule has 4 N–H and O–H groups in total. The molecule has 6 heteroatoms. The van der Waals surface area contributed by atoms with Gasteiger partial charge in [-0.05, 0) is 49.7 Å². The Kier molecular flexibility index (Phi) is 4.46. The number of hydrogen-bond acceptors (Lipinski definition) is 6. The van der Waals surface area contributed by atoms with E-state index in [0.717, 1.165) is 18.4 Å². The second-order valence-corrected chi connectivity index (χ2v) is 9.09. The van der Waals surface area contributed by atoms with Crippen molar-refractivity contribution in [1.82, 2.24) is 0 Å². The minimum Gasteiger partial charge on any atom is -0.396 e. The van der Waals surface area contributed by atoms with E-state index < -0.39 is 41.3 Å². The average Bonchev–Trinajstić information content (AvgIpc) is 2.93. The summed E-state index contributed by atoms with van der Waals surface area (Å²) in [7, 11) is 0. The first-order valence-electron chi connectivity index (χ1n) is 9.83. The van der Waals surface area contributed by atoms with Crippen LogP contribution in [-0.2, 0) is 9.59 Å². The van der Waals surface area contributed by atoms with Crippen LogP contribution in [-0.4, -0.2) is 57.4 Å². The highest BCUT2D eigenvalue weighted by atomic mass is 16.3. The van der Waals surface area contributed by atoms with Crippen LogP contribution in [0.25, 0.3) is 0 Å². The van der Waals surface area contributed by atoms with Gasteiger partial charge in [-0.15, -0.1) is 0 Å². The van der Waals surface area contributed by atoms with Gasteiger partial charge in [0.15, 0.2) is 11.6 Å². The summed E-state index contributed by atoms with van der Waals surface area (Å²) in [5.74, 6) is -1.53. The third-order valence-corrected chi connectivity index (χ3v) is 8.06. The quantitative estimate of drug-likeness (QED) is 0.566. The number of carbonyl (C=O) groups is 2. The monoisotopic (exact) mass is 376 g/mol. The van der Waals surface area contributed by atoms with Gasteiger partial charge in [0.05, 0.1) is 18.1 Å². The van der Waals surface area contributed by atoms with Gasteiger partial charge in [0.25, 0.3) is 0 Å². The summed E-state index contributed by atoms with van der Waals surface area (Å²) in [5.41, 5.74) is -0.290. The van der Waals surface area contributed by atoms with E-state index in [2.05, 4.69) is 6.92 Å². The molecule has 3 saturated carbocycles. The van der Waals surface area contributed by atoms with Crippen molar-refractivity contribution in [3.63, 3.8) is 0 Å². The number of aliphatic hydroxyl groups excluding tert-OH is 4. The summed E-state index contributed by atoms with van der Waals surface area (Å²) < 4.78 is 0. The molecule has 1 unspecified atom stereocenters. The Morgan fingerprint density at radius 3 is 2.67 bits per heavy atom.